The number of alkyl halides is 3. The smallest absolute Gasteiger partial charge is 0.429 e. The van der Waals surface area contributed by atoms with Crippen molar-refractivity contribution in [3.8, 4) is 5.88 Å². The number of hydrogen-bond donors (Lipinski definition) is 1. The molecule has 1 aromatic carbocycles. The Kier molecular flexibility index (Phi) is 5.61. The molecule has 12 heteroatoms. The van der Waals surface area contributed by atoms with Gasteiger partial charge in [0, 0.05) is 24.2 Å². The lowest BCUT2D eigenvalue weighted by molar-refractivity contribution is -0.198. The first-order valence-electron chi connectivity index (χ1n) is 9.08. The van der Waals surface area contributed by atoms with Crippen molar-refractivity contribution in [2.45, 2.75) is 17.3 Å². The molecule has 4 aromatic rings. The zero-order valence-electron chi connectivity index (χ0n) is 16.1. The molecule has 0 aliphatic rings. The molecule has 0 fully saturated rings. The number of anilines is 1. The molecular formula is C20H14F3N5O3S. The number of ether oxygens (including phenoxy) is 1. The molecule has 4 rings (SSSR count). The van der Waals surface area contributed by atoms with Gasteiger partial charge in [0.1, 0.15) is 0 Å². The van der Waals surface area contributed by atoms with Gasteiger partial charge in [0.05, 0.1) is 11.0 Å². The Morgan fingerprint density at radius 3 is 2.25 bits per heavy atom. The van der Waals surface area contributed by atoms with Crippen LogP contribution in [0.1, 0.15) is 11.7 Å². The summed E-state index contributed by atoms with van der Waals surface area (Å²) in [7, 11) is -4.28. The van der Waals surface area contributed by atoms with Crippen LogP contribution in [0.15, 0.2) is 78.2 Å². The first-order chi connectivity index (χ1) is 15.2. The third-order valence-electron chi connectivity index (χ3n) is 4.20. The molecule has 32 heavy (non-hydrogen) atoms. The quantitative estimate of drug-likeness (QED) is 0.464. The van der Waals surface area contributed by atoms with Gasteiger partial charge in [-0.1, -0.05) is 24.3 Å². The number of rotatable bonds is 6. The van der Waals surface area contributed by atoms with Crippen molar-refractivity contribution in [2.75, 3.05) is 4.72 Å². The van der Waals surface area contributed by atoms with E-state index in [-0.39, 0.29) is 21.6 Å². The van der Waals surface area contributed by atoms with Crippen LogP contribution in [0.2, 0.25) is 0 Å². The average Bonchev–Trinajstić information content (AvgIpc) is 2.77. The van der Waals surface area contributed by atoms with Gasteiger partial charge >= 0.3 is 6.18 Å². The molecule has 3 aromatic heterocycles. The number of aromatic nitrogens is 4. The molecular weight excluding hydrogens is 447 g/mol. The highest BCUT2D eigenvalue weighted by Crippen LogP contribution is 2.38. The summed E-state index contributed by atoms with van der Waals surface area (Å²) in [5.41, 5.74) is 0.187. The molecule has 0 amide bonds. The number of benzene rings is 1. The van der Waals surface area contributed by atoms with Crippen molar-refractivity contribution in [3.63, 3.8) is 0 Å². The van der Waals surface area contributed by atoms with Gasteiger partial charge in [-0.05, 0) is 30.3 Å². The van der Waals surface area contributed by atoms with Crippen LogP contribution in [-0.2, 0) is 10.0 Å². The Bertz CT molecular complexity index is 1340. The van der Waals surface area contributed by atoms with Gasteiger partial charge in [0.15, 0.2) is 5.03 Å². The first-order valence-corrected chi connectivity index (χ1v) is 10.6. The second kappa shape index (κ2) is 8.38. The highest BCUT2D eigenvalue weighted by Gasteiger charge is 2.44. The van der Waals surface area contributed by atoms with Gasteiger partial charge in [-0.2, -0.15) is 21.6 Å². The summed E-state index contributed by atoms with van der Waals surface area (Å²) >= 11 is 0. The van der Waals surface area contributed by atoms with Crippen molar-refractivity contribution in [1.29, 1.82) is 0 Å². The zero-order valence-corrected chi connectivity index (χ0v) is 16.9. The van der Waals surface area contributed by atoms with Crippen LogP contribution in [0.5, 0.6) is 5.88 Å². The van der Waals surface area contributed by atoms with E-state index in [4.69, 9.17) is 4.74 Å². The third kappa shape index (κ3) is 4.59. The molecule has 0 aliphatic heterocycles. The zero-order chi connectivity index (χ0) is 22.8. The maximum Gasteiger partial charge on any atom is 0.429 e. The minimum atomic E-state index is -4.84. The summed E-state index contributed by atoms with van der Waals surface area (Å²) in [6.07, 6.45) is -3.71. The topological polar surface area (TPSA) is 107 Å². The van der Waals surface area contributed by atoms with E-state index in [1.54, 1.807) is 12.1 Å². The van der Waals surface area contributed by atoms with Crippen LogP contribution >= 0.6 is 0 Å². The Hall–Kier alpha value is -3.80. The van der Waals surface area contributed by atoms with Gasteiger partial charge in [-0.25, -0.2) is 15.0 Å². The van der Waals surface area contributed by atoms with E-state index < -0.39 is 34.0 Å². The van der Waals surface area contributed by atoms with Crippen LogP contribution < -0.4 is 9.46 Å². The summed E-state index contributed by atoms with van der Waals surface area (Å²) in [5.74, 6) is -1.15. The summed E-state index contributed by atoms with van der Waals surface area (Å²) in [5, 5.41) is -0.347. The van der Waals surface area contributed by atoms with Crippen molar-refractivity contribution in [1.82, 2.24) is 19.9 Å². The number of hydrogen-bond acceptors (Lipinski definition) is 7. The van der Waals surface area contributed by atoms with Gasteiger partial charge in [0.2, 0.25) is 11.9 Å². The summed E-state index contributed by atoms with van der Waals surface area (Å²) in [6.45, 7) is 0. The Labute approximate surface area is 180 Å². The maximum atomic E-state index is 13.8. The first kappa shape index (κ1) is 21.4. The van der Waals surface area contributed by atoms with Crippen molar-refractivity contribution < 1.29 is 26.3 Å². The summed E-state index contributed by atoms with van der Waals surface area (Å²) in [4.78, 5) is 15.7. The minimum Gasteiger partial charge on any atom is -0.457 e. The van der Waals surface area contributed by atoms with E-state index >= 15 is 0 Å². The number of nitrogens with zero attached hydrogens (tertiary/aromatic N) is 4. The van der Waals surface area contributed by atoms with Crippen LogP contribution in [0, 0.1) is 0 Å². The number of pyridine rings is 2. The van der Waals surface area contributed by atoms with Crippen LogP contribution in [0.3, 0.4) is 0 Å². The predicted octanol–water partition coefficient (Wildman–Crippen LogP) is 3.90. The molecule has 8 nitrogen and oxygen atoms in total. The van der Waals surface area contributed by atoms with Crippen molar-refractivity contribution >= 4 is 26.9 Å². The van der Waals surface area contributed by atoms with E-state index in [0.29, 0.717) is 0 Å². The number of sulfonamides is 1. The Balaban J connectivity index is 1.81. The number of fused-ring (bicyclic) bond motifs is 1. The molecule has 164 valence electrons. The predicted molar refractivity (Wildman–Crippen MR) is 108 cm³/mol. The molecule has 1 atom stereocenters. The highest BCUT2D eigenvalue weighted by molar-refractivity contribution is 7.92. The van der Waals surface area contributed by atoms with Crippen molar-refractivity contribution in [3.05, 3.63) is 78.8 Å². The van der Waals surface area contributed by atoms with E-state index in [9.17, 15) is 21.6 Å². The molecule has 3 heterocycles. The lowest BCUT2D eigenvalue weighted by Crippen LogP contribution is -2.27. The molecule has 0 radical (unpaired) electrons. The fraction of sp³-hybridized carbons (Fsp3) is 0.100. The average molecular weight is 461 g/mol. The fourth-order valence-corrected chi connectivity index (χ4v) is 3.73. The molecule has 0 spiro atoms. The lowest BCUT2D eigenvalue weighted by Gasteiger charge is -2.22. The van der Waals surface area contributed by atoms with E-state index in [1.165, 1.54) is 54.9 Å². The highest BCUT2D eigenvalue weighted by atomic mass is 32.2. The van der Waals surface area contributed by atoms with E-state index in [2.05, 4.69) is 24.7 Å². The molecule has 0 bridgehead atoms. The number of halogens is 3. The van der Waals surface area contributed by atoms with Gasteiger partial charge < -0.3 is 4.74 Å². The minimum absolute atomic E-state index is 0.218. The summed E-state index contributed by atoms with van der Waals surface area (Å²) < 4.78 is 74.1. The standard InChI is InChI=1S/C20H14F3N5O3S/c21-20(22,23)17(13-6-5-10-24-12-13)31-19-18(26-14-7-1-2-8-15(14)27-19)28-32(29,30)16-9-3-4-11-25-16/h1-12,17H,(H,26,28). The van der Waals surface area contributed by atoms with E-state index in [0.717, 1.165) is 6.20 Å². The SMILES string of the molecule is O=S(=O)(Nc1nc2ccccc2nc1OC(c1cccnc1)C(F)(F)F)c1ccccn1. The van der Waals surface area contributed by atoms with Gasteiger partial charge in [-0.3, -0.25) is 9.71 Å². The number of para-hydroxylation sites is 2. The Morgan fingerprint density at radius 2 is 1.62 bits per heavy atom. The summed E-state index contributed by atoms with van der Waals surface area (Å²) in [6, 6.07) is 13.0. The molecule has 0 aliphatic carbocycles. The van der Waals surface area contributed by atoms with Crippen molar-refractivity contribution in [2.24, 2.45) is 0 Å². The third-order valence-corrected chi connectivity index (χ3v) is 5.45. The van der Waals surface area contributed by atoms with Crippen LogP contribution in [0.25, 0.3) is 11.0 Å². The monoisotopic (exact) mass is 461 g/mol. The molecule has 0 saturated heterocycles. The Morgan fingerprint density at radius 1 is 0.906 bits per heavy atom. The van der Waals surface area contributed by atoms with Gasteiger partial charge in [-0.15, -0.1) is 0 Å². The van der Waals surface area contributed by atoms with Gasteiger partial charge in [0.25, 0.3) is 15.9 Å². The molecule has 1 unspecified atom stereocenters. The normalized spacial score (nSPS) is 13.0. The fourth-order valence-electron chi connectivity index (χ4n) is 2.78. The second-order valence-corrected chi connectivity index (χ2v) is 8.09. The largest absolute Gasteiger partial charge is 0.457 e. The lowest BCUT2D eigenvalue weighted by atomic mass is 10.1. The molecule has 1 N–H and O–H groups in total. The van der Waals surface area contributed by atoms with Crippen LogP contribution in [0.4, 0.5) is 19.0 Å². The van der Waals surface area contributed by atoms with E-state index in [1.807, 2.05) is 0 Å². The number of nitrogens with one attached hydrogen (secondary N) is 1. The maximum absolute atomic E-state index is 13.8. The van der Waals surface area contributed by atoms with Crippen LogP contribution in [-0.4, -0.2) is 34.5 Å². The molecule has 0 saturated carbocycles. The second-order valence-electron chi connectivity index (χ2n) is 6.47.